The maximum atomic E-state index is 13.2. The van der Waals surface area contributed by atoms with Crippen molar-refractivity contribution in [2.45, 2.75) is 43.9 Å². The van der Waals surface area contributed by atoms with Gasteiger partial charge in [0.15, 0.2) is 5.82 Å². The summed E-state index contributed by atoms with van der Waals surface area (Å²) in [6.45, 7) is 0.752. The van der Waals surface area contributed by atoms with Gasteiger partial charge < -0.3 is 9.63 Å². The Bertz CT molecular complexity index is 394. The van der Waals surface area contributed by atoms with Gasteiger partial charge in [-0.05, 0) is 19.3 Å². The van der Waals surface area contributed by atoms with Crippen LogP contribution in [0.4, 0.5) is 4.39 Å². The summed E-state index contributed by atoms with van der Waals surface area (Å²) >= 11 is 0. The first kappa shape index (κ1) is 11.1. The molecule has 1 saturated carbocycles. The van der Waals surface area contributed by atoms with Crippen molar-refractivity contribution in [3.05, 3.63) is 11.7 Å². The first-order valence-corrected chi connectivity index (χ1v) is 6.07. The number of rotatable bonds is 4. The lowest BCUT2D eigenvalue weighted by molar-refractivity contribution is 0.140. The van der Waals surface area contributed by atoms with Gasteiger partial charge in [0.25, 0.3) is 0 Å². The molecule has 1 aliphatic heterocycles. The Hall–Kier alpha value is -1.01. The van der Waals surface area contributed by atoms with Crippen LogP contribution in [0.1, 0.15) is 36.9 Å². The van der Waals surface area contributed by atoms with E-state index in [-0.39, 0.29) is 12.6 Å². The highest BCUT2D eigenvalue weighted by Crippen LogP contribution is 2.38. The van der Waals surface area contributed by atoms with Crippen LogP contribution in [0.3, 0.4) is 0 Å². The number of halogens is 1. The minimum Gasteiger partial charge on any atom is -0.395 e. The number of aliphatic hydroxyl groups is 1. The lowest BCUT2D eigenvalue weighted by Crippen LogP contribution is -2.31. The molecule has 3 rings (SSSR count). The minimum atomic E-state index is -0.863. The van der Waals surface area contributed by atoms with E-state index in [9.17, 15) is 4.39 Å². The van der Waals surface area contributed by atoms with Gasteiger partial charge in [0.2, 0.25) is 5.89 Å². The SMILES string of the molecule is OC[C@@H]1C[C@H](F)CN1Cc1nc(C2CC2)no1. The van der Waals surface area contributed by atoms with Crippen LogP contribution in [0.25, 0.3) is 0 Å². The molecule has 1 aromatic heterocycles. The summed E-state index contributed by atoms with van der Waals surface area (Å²) in [5, 5.41) is 13.1. The summed E-state index contributed by atoms with van der Waals surface area (Å²) in [7, 11) is 0. The van der Waals surface area contributed by atoms with Gasteiger partial charge in [-0.3, -0.25) is 4.90 Å². The van der Waals surface area contributed by atoms with Crippen molar-refractivity contribution < 1.29 is 14.0 Å². The van der Waals surface area contributed by atoms with Gasteiger partial charge >= 0.3 is 0 Å². The van der Waals surface area contributed by atoms with Gasteiger partial charge in [-0.1, -0.05) is 5.16 Å². The molecule has 2 atom stereocenters. The molecule has 0 bridgehead atoms. The fourth-order valence-electron chi connectivity index (χ4n) is 2.32. The molecule has 2 fully saturated rings. The van der Waals surface area contributed by atoms with Crippen molar-refractivity contribution in [1.29, 1.82) is 0 Å². The second kappa shape index (κ2) is 4.34. The zero-order chi connectivity index (χ0) is 11.8. The summed E-state index contributed by atoms with van der Waals surface area (Å²) in [5.41, 5.74) is 0. The van der Waals surface area contributed by atoms with Crippen LogP contribution in [0, 0.1) is 0 Å². The van der Waals surface area contributed by atoms with Crippen molar-refractivity contribution in [1.82, 2.24) is 15.0 Å². The van der Waals surface area contributed by atoms with E-state index in [0.29, 0.717) is 31.3 Å². The first-order chi connectivity index (χ1) is 8.26. The Morgan fingerprint density at radius 3 is 3.00 bits per heavy atom. The van der Waals surface area contributed by atoms with Crippen molar-refractivity contribution in [2.24, 2.45) is 0 Å². The van der Waals surface area contributed by atoms with Crippen molar-refractivity contribution in [3.63, 3.8) is 0 Å². The third-order valence-electron chi connectivity index (χ3n) is 3.45. The Labute approximate surface area is 98.6 Å². The number of aromatic nitrogens is 2. The van der Waals surface area contributed by atoms with E-state index >= 15 is 0 Å². The quantitative estimate of drug-likeness (QED) is 0.846. The molecule has 0 aromatic carbocycles. The van der Waals surface area contributed by atoms with Crippen LogP contribution < -0.4 is 0 Å². The Kier molecular flexibility index (Phi) is 2.84. The van der Waals surface area contributed by atoms with Gasteiger partial charge in [0, 0.05) is 18.5 Å². The van der Waals surface area contributed by atoms with E-state index in [1.54, 1.807) is 0 Å². The summed E-state index contributed by atoms with van der Waals surface area (Å²) in [6.07, 6.45) is 1.79. The molecule has 94 valence electrons. The largest absolute Gasteiger partial charge is 0.395 e. The summed E-state index contributed by atoms with van der Waals surface area (Å²) in [5.74, 6) is 1.77. The van der Waals surface area contributed by atoms with Crippen LogP contribution in [-0.2, 0) is 6.54 Å². The van der Waals surface area contributed by atoms with Gasteiger partial charge in [-0.25, -0.2) is 4.39 Å². The molecule has 6 heteroatoms. The molecule has 1 N–H and O–H groups in total. The summed E-state index contributed by atoms with van der Waals surface area (Å²) < 4.78 is 18.4. The average molecular weight is 241 g/mol. The second-order valence-corrected chi connectivity index (χ2v) is 4.92. The van der Waals surface area contributed by atoms with E-state index in [0.717, 1.165) is 18.7 Å². The Morgan fingerprint density at radius 2 is 2.29 bits per heavy atom. The topological polar surface area (TPSA) is 62.4 Å². The predicted molar refractivity (Wildman–Crippen MR) is 57.1 cm³/mol. The molecule has 1 saturated heterocycles. The number of hydrogen-bond acceptors (Lipinski definition) is 5. The lowest BCUT2D eigenvalue weighted by Gasteiger charge is -2.19. The Morgan fingerprint density at radius 1 is 1.47 bits per heavy atom. The molecule has 0 unspecified atom stereocenters. The molecule has 2 aliphatic rings. The molecule has 1 aromatic rings. The van der Waals surface area contributed by atoms with Crippen LogP contribution in [-0.4, -0.2) is 45.5 Å². The molecule has 17 heavy (non-hydrogen) atoms. The predicted octanol–water partition coefficient (Wildman–Crippen LogP) is 0.852. The number of likely N-dealkylation sites (tertiary alicyclic amines) is 1. The Balaban J connectivity index is 1.64. The summed E-state index contributed by atoms with van der Waals surface area (Å²) in [6, 6.07) is -0.124. The van der Waals surface area contributed by atoms with Gasteiger partial charge in [0.05, 0.1) is 13.2 Å². The molecule has 1 aliphatic carbocycles. The van der Waals surface area contributed by atoms with E-state index in [1.807, 2.05) is 4.90 Å². The van der Waals surface area contributed by atoms with E-state index in [1.165, 1.54) is 0 Å². The minimum absolute atomic E-state index is 0.0238. The van der Waals surface area contributed by atoms with E-state index in [4.69, 9.17) is 9.63 Å². The lowest BCUT2D eigenvalue weighted by atomic mass is 10.2. The zero-order valence-corrected chi connectivity index (χ0v) is 9.55. The molecule has 5 nitrogen and oxygen atoms in total. The number of alkyl halides is 1. The third kappa shape index (κ3) is 2.32. The molecule has 0 radical (unpaired) electrons. The molecular formula is C11H16FN3O2. The maximum absolute atomic E-state index is 13.2. The first-order valence-electron chi connectivity index (χ1n) is 6.07. The standard InChI is InChI=1S/C11H16FN3O2/c12-8-3-9(6-16)15(4-8)5-10-13-11(14-17-10)7-1-2-7/h7-9,16H,1-6H2/t8-,9-/m0/s1. The van der Waals surface area contributed by atoms with Crippen LogP contribution in [0.15, 0.2) is 4.52 Å². The van der Waals surface area contributed by atoms with Gasteiger partial charge in [-0.2, -0.15) is 4.98 Å². The molecule has 0 amide bonds. The van der Waals surface area contributed by atoms with Crippen LogP contribution in [0.5, 0.6) is 0 Å². The van der Waals surface area contributed by atoms with Crippen LogP contribution in [0.2, 0.25) is 0 Å². The third-order valence-corrected chi connectivity index (χ3v) is 3.45. The molecule has 0 spiro atoms. The van der Waals surface area contributed by atoms with Gasteiger partial charge in [0.1, 0.15) is 6.17 Å². The number of hydrogen-bond donors (Lipinski definition) is 1. The van der Waals surface area contributed by atoms with E-state index in [2.05, 4.69) is 10.1 Å². The highest BCUT2D eigenvalue weighted by molar-refractivity contribution is 5.03. The average Bonchev–Trinajstić information content (AvgIpc) is 2.96. The number of aliphatic hydroxyl groups excluding tert-OH is 1. The maximum Gasteiger partial charge on any atom is 0.240 e. The van der Waals surface area contributed by atoms with Gasteiger partial charge in [-0.15, -0.1) is 0 Å². The van der Waals surface area contributed by atoms with Crippen molar-refractivity contribution >= 4 is 0 Å². The smallest absolute Gasteiger partial charge is 0.240 e. The van der Waals surface area contributed by atoms with E-state index < -0.39 is 6.17 Å². The fourth-order valence-corrected chi connectivity index (χ4v) is 2.32. The molecule has 2 heterocycles. The van der Waals surface area contributed by atoms with Crippen molar-refractivity contribution in [2.75, 3.05) is 13.2 Å². The normalized spacial score (nSPS) is 30.0. The highest BCUT2D eigenvalue weighted by atomic mass is 19.1. The second-order valence-electron chi connectivity index (χ2n) is 4.92. The monoisotopic (exact) mass is 241 g/mol. The highest BCUT2D eigenvalue weighted by Gasteiger charge is 2.33. The summed E-state index contributed by atoms with van der Waals surface area (Å²) in [4.78, 5) is 6.18. The number of nitrogens with zero attached hydrogens (tertiary/aromatic N) is 3. The van der Waals surface area contributed by atoms with Crippen LogP contribution >= 0.6 is 0 Å². The van der Waals surface area contributed by atoms with Crippen molar-refractivity contribution in [3.8, 4) is 0 Å². The molecular weight excluding hydrogens is 225 g/mol. The fraction of sp³-hybridized carbons (Fsp3) is 0.818. The zero-order valence-electron chi connectivity index (χ0n) is 9.55.